The number of nitrogens with zero attached hydrogens (tertiary/aromatic N) is 8. The van der Waals surface area contributed by atoms with Crippen molar-refractivity contribution < 1.29 is 0 Å². The highest BCUT2D eigenvalue weighted by Gasteiger charge is 2.27. The molecule has 324 valence electrons. The van der Waals surface area contributed by atoms with Gasteiger partial charge in [0.1, 0.15) is 0 Å². The molecular formula is C61H40N8. The molecule has 13 aromatic rings. The van der Waals surface area contributed by atoms with E-state index in [4.69, 9.17) is 29.9 Å². The van der Waals surface area contributed by atoms with E-state index < -0.39 is 0 Å². The topological polar surface area (TPSA) is 87.2 Å². The summed E-state index contributed by atoms with van der Waals surface area (Å²) in [5.74, 6) is 3.24. The summed E-state index contributed by atoms with van der Waals surface area (Å²) < 4.78 is 4.69. The normalized spacial score (nSPS) is 11.6. The number of aromatic nitrogens is 8. The third-order valence-corrected chi connectivity index (χ3v) is 12.9. The third kappa shape index (κ3) is 6.93. The van der Waals surface area contributed by atoms with E-state index in [2.05, 4.69) is 119 Å². The molecule has 0 spiro atoms. The van der Waals surface area contributed by atoms with Crippen molar-refractivity contribution in [1.82, 2.24) is 39.0 Å². The number of para-hydroxylation sites is 3. The zero-order valence-corrected chi connectivity index (χ0v) is 37.4. The Hall–Kier alpha value is -9.40. The molecule has 0 unspecified atom stereocenters. The zero-order chi connectivity index (χ0) is 45.8. The molecule has 4 aromatic heterocycles. The van der Waals surface area contributed by atoms with Crippen molar-refractivity contribution >= 4 is 43.6 Å². The van der Waals surface area contributed by atoms with Gasteiger partial charge >= 0.3 is 0 Å². The molecule has 69 heavy (non-hydrogen) atoms. The molecule has 4 heterocycles. The van der Waals surface area contributed by atoms with E-state index in [-0.39, 0.29) is 0 Å². The molecule has 8 nitrogen and oxygen atoms in total. The summed E-state index contributed by atoms with van der Waals surface area (Å²) in [5.41, 5.74) is 12.1. The van der Waals surface area contributed by atoms with Crippen LogP contribution in [0.3, 0.4) is 0 Å². The molecule has 0 aliphatic heterocycles. The molecule has 8 heteroatoms. The summed E-state index contributed by atoms with van der Waals surface area (Å²) in [6.07, 6.45) is 0. The van der Waals surface area contributed by atoms with Crippen molar-refractivity contribution in [2.45, 2.75) is 6.92 Å². The van der Waals surface area contributed by atoms with Gasteiger partial charge in [-0.15, -0.1) is 0 Å². The van der Waals surface area contributed by atoms with Gasteiger partial charge < -0.3 is 9.13 Å². The van der Waals surface area contributed by atoms with Gasteiger partial charge in [-0.1, -0.05) is 188 Å². The average Bonchev–Trinajstić information content (AvgIpc) is 3.93. The average molecular weight is 885 g/mol. The Morgan fingerprint density at radius 3 is 1.00 bits per heavy atom. The van der Waals surface area contributed by atoms with Crippen molar-refractivity contribution in [1.29, 1.82) is 0 Å². The molecule has 13 rings (SSSR count). The Morgan fingerprint density at radius 2 is 0.594 bits per heavy atom. The Morgan fingerprint density at radius 1 is 0.275 bits per heavy atom. The van der Waals surface area contributed by atoms with E-state index >= 15 is 0 Å². The summed E-state index contributed by atoms with van der Waals surface area (Å²) in [5, 5.41) is 4.54. The van der Waals surface area contributed by atoms with Gasteiger partial charge in [0.2, 0.25) is 0 Å². The van der Waals surface area contributed by atoms with Crippen molar-refractivity contribution in [3.8, 4) is 79.7 Å². The quantitative estimate of drug-likeness (QED) is 0.151. The zero-order valence-electron chi connectivity index (χ0n) is 37.4. The molecule has 0 fully saturated rings. The fourth-order valence-corrected chi connectivity index (χ4v) is 9.72. The first kappa shape index (κ1) is 39.9. The molecule has 0 bridgehead atoms. The van der Waals surface area contributed by atoms with E-state index in [1.807, 2.05) is 121 Å². The highest BCUT2D eigenvalue weighted by Crippen LogP contribution is 2.44. The fraction of sp³-hybridized carbons (Fsp3) is 0.0164. The van der Waals surface area contributed by atoms with Crippen molar-refractivity contribution in [2.24, 2.45) is 0 Å². The Labute approximate surface area is 397 Å². The first-order valence-corrected chi connectivity index (χ1v) is 23.0. The van der Waals surface area contributed by atoms with Gasteiger partial charge in [0.25, 0.3) is 0 Å². The second-order valence-corrected chi connectivity index (χ2v) is 17.2. The predicted molar refractivity (Wildman–Crippen MR) is 279 cm³/mol. The summed E-state index contributed by atoms with van der Waals surface area (Å²) >= 11 is 0. The smallest absolute Gasteiger partial charge is 0.166 e. The minimum atomic E-state index is 0.500. The van der Waals surface area contributed by atoms with E-state index in [0.29, 0.717) is 34.9 Å². The number of hydrogen-bond acceptors (Lipinski definition) is 6. The second kappa shape index (κ2) is 16.5. The van der Waals surface area contributed by atoms with Crippen LogP contribution >= 0.6 is 0 Å². The molecule has 0 amide bonds. The van der Waals surface area contributed by atoms with Gasteiger partial charge in [-0.25, -0.2) is 29.9 Å². The lowest BCUT2D eigenvalue weighted by atomic mass is 10.0. The van der Waals surface area contributed by atoms with Gasteiger partial charge in [0, 0.05) is 60.6 Å². The number of hydrogen-bond donors (Lipinski definition) is 0. The highest BCUT2D eigenvalue weighted by atomic mass is 15.1. The lowest BCUT2D eigenvalue weighted by Crippen LogP contribution is -2.09. The number of benzene rings is 9. The van der Waals surface area contributed by atoms with E-state index in [9.17, 15) is 0 Å². The first-order chi connectivity index (χ1) is 34.1. The van der Waals surface area contributed by atoms with Crippen LogP contribution in [0.1, 0.15) is 5.56 Å². The molecule has 0 N–H and O–H groups in total. The van der Waals surface area contributed by atoms with Gasteiger partial charge in [0.15, 0.2) is 34.9 Å². The second-order valence-electron chi connectivity index (χ2n) is 17.2. The SMILES string of the molecule is Cc1ccc2c(c1)c1ccccc1n2-c1c(-c2nc(-c3ccccc3)nc(-c3ccccc3)n2)cc(-n2c3ccccc3c3ccccc32)cc1-c1nc(-c2ccccc2)nc(-c2ccccc2)n1. The predicted octanol–water partition coefficient (Wildman–Crippen LogP) is 14.6. The molecule has 0 radical (unpaired) electrons. The van der Waals surface area contributed by atoms with Crippen LogP contribution in [0, 0.1) is 6.92 Å². The number of fused-ring (bicyclic) bond motifs is 6. The monoisotopic (exact) mass is 884 g/mol. The Balaban J connectivity index is 1.24. The van der Waals surface area contributed by atoms with E-state index in [1.165, 1.54) is 5.56 Å². The highest BCUT2D eigenvalue weighted by molar-refractivity contribution is 6.12. The van der Waals surface area contributed by atoms with Crippen LogP contribution in [0.15, 0.2) is 224 Å². The minimum Gasteiger partial charge on any atom is -0.309 e. The number of rotatable bonds is 8. The van der Waals surface area contributed by atoms with Gasteiger partial charge in [0.05, 0.1) is 27.8 Å². The summed E-state index contributed by atoms with van der Waals surface area (Å²) in [6, 6.07) is 77.5. The van der Waals surface area contributed by atoms with Crippen LogP contribution < -0.4 is 0 Å². The molecule has 0 saturated heterocycles. The van der Waals surface area contributed by atoms with Crippen LogP contribution in [0.5, 0.6) is 0 Å². The fourth-order valence-electron chi connectivity index (χ4n) is 9.72. The molecule has 0 saturated carbocycles. The summed E-state index contributed by atoms with van der Waals surface area (Å²) in [4.78, 5) is 32.2. The third-order valence-electron chi connectivity index (χ3n) is 12.9. The molecule has 0 aliphatic carbocycles. The lowest BCUT2D eigenvalue weighted by molar-refractivity contribution is 1.05. The van der Waals surface area contributed by atoms with Crippen LogP contribution in [0.4, 0.5) is 0 Å². The van der Waals surface area contributed by atoms with Crippen LogP contribution in [-0.2, 0) is 0 Å². The molecule has 0 atom stereocenters. The Kier molecular flexibility index (Phi) is 9.54. The Bertz CT molecular complexity index is 3750. The maximum absolute atomic E-state index is 5.46. The van der Waals surface area contributed by atoms with Crippen LogP contribution in [-0.4, -0.2) is 39.0 Å². The minimum absolute atomic E-state index is 0.500. The van der Waals surface area contributed by atoms with Crippen molar-refractivity contribution in [2.75, 3.05) is 0 Å². The van der Waals surface area contributed by atoms with Crippen LogP contribution in [0.25, 0.3) is 123 Å². The summed E-state index contributed by atoms with van der Waals surface area (Å²) in [7, 11) is 0. The maximum atomic E-state index is 5.46. The molecular weight excluding hydrogens is 845 g/mol. The van der Waals surface area contributed by atoms with Gasteiger partial charge in [-0.3, -0.25) is 0 Å². The van der Waals surface area contributed by atoms with E-state index in [0.717, 1.165) is 88.4 Å². The first-order valence-electron chi connectivity index (χ1n) is 23.0. The summed E-state index contributed by atoms with van der Waals surface area (Å²) in [6.45, 7) is 2.14. The largest absolute Gasteiger partial charge is 0.309 e. The van der Waals surface area contributed by atoms with Gasteiger partial charge in [-0.05, 0) is 49.4 Å². The maximum Gasteiger partial charge on any atom is 0.166 e. The molecule has 9 aromatic carbocycles. The van der Waals surface area contributed by atoms with Crippen LogP contribution in [0.2, 0.25) is 0 Å². The van der Waals surface area contributed by atoms with Gasteiger partial charge in [-0.2, -0.15) is 0 Å². The molecule has 0 aliphatic rings. The van der Waals surface area contributed by atoms with Crippen molar-refractivity contribution in [3.05, 3.63) is 230 Å². The lowest BCUT2D eigenvalue weighted by Gasteiger charge is -2.21. The number of aryl methyl sites for hydroxylation is 1. The van der Waals surface area contributed by atoms with E-state index in [1.54, 1.807) is 0 Å². The standard InChI is InChI=1S/C61H40N8/c1-39-34-35-54-48(36-39)47-30-16-19-33-53(47)69(54)55-49(60-64-56(40-20-6-2-7-21-40)62-57(65-60)41-22-8-3-9-23-41)37-44(68-51-31-17-14-28-45(51)46-29-15-18-32-52(46)68)38-50(55)61-66-58(42-24-10-4-11-25-42)63-59(67-61)43-26-12-5-13-27-43/h2-38H,1H3. The van der Waals surface area contributed by atoms with Crippen molar-refractivity contribution in [3.63, 3.8) is 0 Å².